The maximum Gasteiger partial charge on any atom is 0.261 e. The van der Waals surface area contributed by atoms with E-state index in [1.807, 2.05) is 35.2 Å². The van der Waals surface area contributed by atoms with Gasteiger partial charge in [-0.15, -0.1) is 11.3 Å². The van der Waals surface area contributed by atoms with Crippen molar-refractivity contribution in [3.05, 3.63) is 87.9 Å². The van der Waals surface area contributed by atoms with Crippen molar-refractivity contribution < 1.29 is 13.9 Å². The number of nitrogens with zero attached hydrogens (tertiary/aromatic N) is 1. The number of carbonyl (C=O) groups is 1. The number of para-hydroxylation sites is 1. The SMILES string of the molecule is O=C(COc1ccccc1F)N1CCc2sccc2C1c1ccccc1. The second-order valence-electron chi connectivity index (χ2n) is 6.17. The van der Waals surface area contributed by atoms with Crippen LogP contribution < -0.4 is 4.74 Å². The van der Waals surface area contributed by atoms with E-state index in [1.54, 1.807) is 23.5 Å². The minimum absolute atomic E-state index is 0.102. The lowest BCUT2D eigenvalue weighted by Crippen LogP contribution is -2.42. The first-order chi connectivity index (χ1) is 12.7. The Morgan fingerprint density at radius 1 is 1.12 bits per heavy atom. The van der Waals surface area contributed by atoms with Crippen molar-refractivity contribution in [2.75, 3.05) is 13.2 Å². The molecule has 0 fully saturated rings. The number of fused-ring (bicyclic) bond motifs is 1. The molecule has 1 unspecified atom stereocenters. The molecule has 0 radical (unpaired) electrons. The average molecular weight is 367 g/mol. The molecule has 0 bridgehead atoms. The largest absolute Gasteiger partial charge is 0.481 e. The zero-order valence-corrected chi connectivity index (χ0v) is 14.9. The van der Waals surface area contributed by atoms with Gasteiger partial charge in [0.25, 0.3) is 5.91 Å². The van der Waals surface area contributed by atoms with Crippen molar-refractivity contribution in [3.8, 4) is 5.75 Å². The van der Waals surface area contributed by atoms with Crippen molar-refractivity contribution in [2.24, 2.45) is 0 Å². The number of ether oxygens (including phenoxy) is 1. The Balaban J connectivity index is 1.58. The summed E-state index contributed by atoms with van der Waals surface area (Å²) in [6.07, 6.45) is 0.835. The molecule has 3 nitrogen and oxygen atoms in total. The van der Waals surface area contributed by atoms with E-state index >= 15 is 0 Å². The van der Waals surface area contributed by atoms with Gasteiger partial charge in [-0.1, -0.05) is 42.5 Å². The number of benzene rings is 2. The van der Waals surface area contributed by atoms with Gasteiger partial charge in [-0.25, -0.2) is 4.39 Å². The highest BCUT2D eigenvalue weighted by Crippen LogP contribution is 2.37. The first-order valence-electron chi connectivity index (χ1n) is 8.52. The molecule has 0 saturated heterocycles. The fourth-order valence-electron chi connectivity index (χ4n) is 3.36. The molecule has 4 rings (SSSR count). The molecule has 0 saturated carbocycles. The minimum Gasteiger partial charge on any atom is -0.481 e. The predicted octanol–water partition coefficient (Wildman–Crippen LogP) is 4.44. The number of hydrogen-bond acceptors (Lipinski definition) is 3. The molecule has 2 heterocycles. The van der Waals surface area contributed by atoms with Crippen molar-refractivity contribution in [1.29, 1.82) is 0 Å². The standard InChI is InChI=1S/C21H18FNO2S/c22-17-8-4-5-9-18(17)25-14-20(24)23-12-10-19-16(11-13-26-19)21(23)15-6-2-1-3-7-15/h1-9,11,13,21H,10,12,14H2. The van der Waals surface area contributed by atoms with Gasteiger partial charge in [-0.2, -0.15) is 0 Å². The summed E-state index contributed by atoms with van der Waals surface area (Å²) in [6.45, 7) is 0.455. The topological polar surface area (TPSA) is 29.5 Å². The van der Waals surface area contributed by atoms with Crippen LogP contribution in [0.5, 0.6) is 5.75 Å². The van der Waals surface area contributed by atoms with E-state index in [0.29, 0.717) is 6.54 Å². The number of halogens is 1. The van der Waals surface area contributed by atoms with E-state index in [1.165, 1.54) is 22.6 Å². The Morgan fingerprint density at radius 2 is 1.88 bits per heavy atom. The Hall–Kier alpha value is -2.66. The predicted molar refractivity (Wildman–Crippen MR) is 99.9 cm³/mol. The van der Waals surface area contributed by atoms with E-state index in [2.05, 4.69) is 11.4 Å². The molecule has 3 aromatic rings. The Morgan fingerprint density at radius 3 is 2.69 bits per heavy atom. The van der Waals surface area contributed by atoms with E-state index in [4.69, 9.17) is 4.74 Å². The van der Waals surface area contributed by atoms with Gasteiger partial charge < -0.3 is 9.64 Å². The average Bonchev–Trinajstić information content (AvgIpc) is 3.16. The van der Waals surface area contributed by atoms with Gasteiger partial charge in [-0.05, 0) is 41.1 Å². The fraction of sp³-hybridized carbons (Fsp3) is 0.190. The molecule has 5 heteroatoms. The monoisotopic (exact) mass is 367 g/mol. The minimum atomic E-state index is -0.460. The zero-order valence-electron chi connectivity index (χ0n) is 14.1. The summed E-state index contributed by atoms with van der Waals surface area (Å²) in [6, 6.07) is 18.1. The van der Waals surface area contributed by atoms with Gasteiger partial charge in [-0.3, -0.25) is 4.79 Å². The smallest absolute Gasteiger partial charge is 0.261 e. The molecular weight excluding hydrogens is 349 g/mol. The summed E-state index contributed by atoms with van der Waals surface area (Å²) < 4.78 is 19.2. The van der Waals surface area contributed by atoms with Crippen LogP contribution in [0.4, 0.5) is 4.39 Å². The van der Waals surface area contributed by atoms with Crippen LogP contribution in [-0.2, 0) is 11.2 Å². The Bertz CT molecular complexity index is 909. The first-order valence-corrected chi connectivity index (χ1v) is 9.40. The lowest BCUT2D eigenvalue weighted by atomic mass is 9.93. The third-order valence-corrected chi connectivity index (χ3v) is 5.59. The normalized spacial score (nSPS) is 16.2. The summed E-state index contributed by atoms with van der Waals surface area (Å²) in [4.78, 5) is 16.0. The van der Waals surface area contributed by atoms with Gasteiger partial charge >= 0.3 is 0 Å². The van der Waals surface area contributed by atoms with Crippen molar-refractivity contribution in [3.63, 3.8) is 0 Å². The molecule has 132 valence electrons. The van der Waals surface area contributed by atoms with Gasteiger partial charge in [0, 0.05) is 11.4 Å². The second-order valence-corrected chi connectivity index (χ2v) is 7.17. The van der Waals surface area contributed by atoms with Crippen LogP contribution in [0.3, 0.4) is 0 Å². The van der Waals surface area contributed by atoms with Crippen LogP contribution in [0.25, 0.3) is 0 Å². The Kier molecular flexibility index (Phi) is 4.71. The third kappa shape index (κ3) is 3.22. The molecule has 0 N–H and O–H groups in total. The Labute approximate surface area is 155 Å². The van der Waals surface area contributed by atoms with E-state index < -0.39 is 5.82 Å². The van der Waals surface area contributed by atoms with E-state index in [9.17, 15) is 9.18 Å². The van der Waals surface area contributed by atoms with Crippen LogP contribution in [0.2, 0.25) is 0 Å². The number of rotatable bonds is 4. The number of carbonyl (C=O) groups excluding carboxylic acids is 1. The van der Waals surface area contributed by atoms with Gasteiger partial charge in [0.15, 0.2) is 18.2 Å². The van der Waals surface area contributed by atoms with Gasteiger partial charge in [0.2, 0.25) is 0 Å². The summed E-state index contributed by atoms with van der Waals surface area (Å²) >= 11 is 1.73. The zero-order chi connectivity index (χ0) is 17.9. The molecule has 1 aliphatic rings. The summed E-state index contributed by atoms with van der Waals surface area (Å²) in [7, 11) is 0. The summed E-state index contributed by atoms with van der Waals surface area (Å²) in [5.74, 6) is -0.497. The van der Waals surface area contributed by atoms with Crippen molar-refractivity contribution in [1.82, 2.24) is 4.90 Å². The first kappa shape index (κ1) is 16.8. The van der Waals surface area contributed by atoms with Crippen LogP contribution in [-0.4, -0.2) is 24.0 Å². The highest BCUT2D eigenvalue weighted by molar-refractivity contribution is 7.10. The van der Waals surface area contributed by atoms with Crippen molar-refractivity contribution in [2.45, 2.75) is 12.5 Å². The highest BCUT2D eigenvalue weighted by atomic mass is 32.1. The highest BCUT2D eigenvalue weighted by Gasteiger charge is 2.32. The van der Waals surface area contributed by atoms with E-state index in [0.717, 1.165) is 12.0 Å². The van der Waals surface area contributed by atoms with Crippen LogP contribution in [0.15, 0.2) is 66.0 Å². The van der Waals surface area contributed by atoms with E-state index in [-0.39, 0.29) is 24.3 Å². The number of hydrogen-bond donors (Lipinski definition) is 0. The number of amides is 1. The fourth-order valence-corrected chi connectivity index (χ4v) is 4.27. The quantitative estimate of drug-likeness (QED) is 0.682. The van der Waals surface area contributed by atoms with Crippen LogP contribution >= 0.6 is 11.3 Å². The van der Waals surface area contributed by atoms with Gasteiger partial charge in [0.1, 0.15) is 0 Å². The van der Waals surface area contributed by atoms with Crippen LogP contribution in [0.1, 0.15) is 22.0 Å². The lowest BCUT2D eigenvalue weighted by molar-refractivity contribution is -0.135. The maximum atomic E-state index is 13.7. The lowest BCUT2D eigenvalue weighted by Gasteiger charge is -2.36. The second kappa shape index (κ2) is 7.30. The van der Waals surface area contributed by atoms with Crippen molar-refractivity contribution >= 4 is 17.2 Å². The molecule has 2 aromatic carbocycles. The van der Waals surface area contributed by atoms with Gasteiger partial charge in [0.05, 0.1) is 6.04 Å². The maximum absolute atomic E-state index is 13.7. The van der Waals surface area contributed by atoms with Crippen LogP contribution in [0, 0.1) is 5.82 Å². The molecule has 0 aliphatic carbocycles. The molecule has 1 aliphatic heterocycles. The number of thiophene rings is 1. The molecule has 1 amide bonds. The summed E-state index contributed by atoms with van der Waals surface area (Å²) in [5.41, 5.74) is 2.25. The molecule has 1 atom stereocenters. The molecule has 1 aromatic heterocycles. The third-order valence-electron chi connectivity index (χ3n) is 4.59. The summed E-state index contributed by atoms with van der Waals surface area (Å²) in [5, 5.41) is 2.07. The molecule has 0 spiro atoms. The molecule has 26 heavy (non-hydrogen) atoms. The molecular formula is C21H18FNO2S.